The van der Waals surface area contributed by atoms with Gasteiger partial charge in [0, 0.05) is 0 Å². The summed E-state index contributed by atoms with van der Waals surface area (Å²) < 4.78 is 5.11. The molecule has 1 atom stereocenters. The van der Waals surface area contributed by atoms with Crippen molar-refractivity contribution in [3.8, 4) is 0 Å². The number of aldehydes is 1. The first kappa shape index (κ1) is 14.9. The van der Waals surface area contributed by atoms with Crippen LogP contribution in [0.4, 0.5) is 4.79 Å². The van der Waals surface area contributed by atoms with Gasteiger partial charge < -0.3 is 14.6 Å². The molecule has 16 heavy (non-hydrogen) atoms. The van der Waals surface area contributed by atoms with Crippen LogP contribution >= 0.6 is 0 Å². The van der Waals surface area contributed by atoms with Crippen molar-refractivity contribution in [3.63, 3.8) is 0 Å². The van der Waals surface area contributed by atoms with Crippen LogP contribution in [0.5, 0.6) is 0 Å². The standard InChI is InChI=1S/C11H21NO4/c1-5-9(14)8-12(6-7-13)10(15)16-11(2,3)4/h7,9,14H,5-6,8H2,1-4H3. The second-order valence-corrected chi connectivity index (χ2v) is 4.61. The molecule has 0 fully saturated rings. The number of rotatable bonds is 5. The van der Waals surface area contributed by atoms with Gasteiger partial charge in [-0.25, -0.2) is 4.79 Å². The van der Waals surface area contributed by atoms with Gasteiger partial charge in [-0.1, -0.05) is 6.92 Å². The molecule has 1 unspecified atom stereocenters. The van der Waals surface area contributed by atoms with Crippen LogP contribution in [-0.2, 0) is 9.53 Å². The highest BCUT2D eigenvalue weighted by molar-refractivity contribution is 5.71. The Bertz CT molecular complexity index is 235. The zero-order valence-corrected chi connectivity index (χ0v) is 10.4. The van der Waals surface area contributed by atoms with Gasteiger partial charge in [-0.15, -0.1) is 0 Å². The first-order valence-electron chi connectivity index (χ1n) is 5.39. The third-order valence-corrected chi connectivity index (χ3v) is 1.85. The van der Waals surface area contributed by atoms with Crippen LogP contribution in [0.25, 0.3) is 0 Å². The largest absolute Gasteiger partial charge is 0.444 e. The highest BCUT2D eigenvalue weighted by Crippen LogP contribution is 2.10. The molecule has 0 bridgehead atoms. The lowest BCUT2D eigenvalue weighted by Crippen LogP contribution is -2.41. The van der Waals surface area contributed by atoms with E-state index in [9.17, 15) is 14.7 Å². The highest BCUT2D eigenvalue weighted by Gasteiger charge is 2.23. The number of aliphatic hydroxyl groups is 1. The van der Waals surface area contributed by atoms with Gasteiger partial charge in [0.05, 0.1) is 19.2 Å². The molecule has 5 heteroatoms. The Hall–Kier alpha value is -1.10. The minimum absolute atomic E-state index is 0.0635. The summed E-state index contributed by atoms with van der Waals surface area (Å²) in [5.41, 5.74) is -0.602. The van der Waals surface area contributed by atoms with Gasteiger partial charge in [0.1, 0.15) is 11.9 Å². The Kier molecular flexibility index (Phi) is 6.03. The van der Waals surface area contributed by atoms with E-state index in [2.05, 4.69) is 0 Å². The molecule has 0 aliphatic carbocycles. The second-order valence-electron chi connectivity index (χ2n) is 4.61. The quantitative estimate of drug-likeness (QED) is 0.722. The summed E-state index contributed by atoms with van der Waals surface area (Å²) in [5, 5.41) is 9.44. The molecule has 94 valence electrons. The molecule has 0 aromatic carbocycles. The third-order valence-electron chi connectivity index (χ3n) is 1.85. The predicted octanol–water partition coefficient (Wildman–Crippen LogP) is 1.19. The van der Waals surface area contributed by atoms with Gasteiger partial charge in [-0.2, -0.15) is 0 Å². The molecule has 0 aromatic heterocycles. The Balaban J connectivity index is 4.40. The van der Waals surface area contributed by atoms with Crippen molar-refractivity contribution in [2.24, 2.45) is 0 Å². The summed E-state index contributed by atoms with van der Waals surface area (Å²) >= 11 is 0. The molecule has 0 saturated carbocycles. The lowest BCUT2D eigenvalue weighted by atomic mass is 10.2. The van der Waals surface area contributed by atoms with Crippen LogP contribution < -0.4 is 0 Å². The molecular weight excluding hydrogens is 210 g/mol. The van der Waals surface area contributed by atoms with E-state index in [1.165, 1.54) is 4.90 Å². The minimum Gasteiger partial charge on any atom is -0.444 e. The summed E-state index contributed by atoms with van der Waals surface area (Å²) in [6.45, 7) is 7.11. The summed E-state index contributed by atoms with van der Waals surface area (Å²) in [5.74, 6) is 0. The average Bonchev–Trinajstić information content (AvgIpc) is 2.14. The fraction of sp³-hybridized carbons (Fsp3) is 0.818. The van der Waals surface area contributed by atoms with Crippen LogP contribution in [0.3, 0.4) is 0 Å². The van der Waals surface area contributed by atoms with E-state index >= 15 is 0 Å². The summed E-state index contributed by atoms with van der Waals surface area (Å²) in [7, 11) is 0. The Labute approximate surface area is 96.4 Å². The number of carbonyl (C=O) groups excluding carboxylic acids is 2. The molecular formula is C11H21NO4. The van der Waals surface area contributed by atoms with E-state index in [1.54, 1.807) is 27.7 Å². The molecule has 0 saturated heterocycles. The maximum atomic E-state index is 11.6. The summed E-state index contributed by atoms with van der Waals surface area (Å²) in [6, 6.07) is 0. The molecule has 0 aliphatic heterocycles. The Morgan fingerprint density at radius 3 is 2.44 bits per heavy atom. The van der Waals surface area contributed by atoms with E-state index in [-0.39, 0.29) is 13.1 Å². The van der Waals surface area contributed by atoms with Crippen molar-refractivity contribution in [2.75, 3.05) is 13.1 Å². The monoisotopic (exact) mass is 231 g/mol. The average molecular weight is 231 g/mol. The Morgan fingerprint density at radius 2 is 2.06 bits per heavy atom. The smallest absolute Gasteiger partial charge is 0.410 e. The molecule has 0 rings (SSSR count). The molecule has 5 nitrogen and oxygen atoms in total. The topological polar surface area (TPSA) is 66.8 Å². The van der Waals surface area contributed by atoms with Crippen LogP contribution in [0, 0.1) is 0 Å². The highest BCUT2D eigenvalue weighted by atomic mass is 16.6. The first-order valence-corrected chi connectivity index (χ1v) is 5.39. The number of carbonyl (C=O) groups is 2. The third kappa shape index (κ3) is 6.40. The number of ether oxygens (including phenoxy) is 1. The molecule has 0 aromatic rings. The van der Waals surface area contributed by atoms with E-state index in [4.69, 9.17) is 4.74 Å². The molecule has 0 radical (unpaired) electrons. The molecule has 0 heterocycles. The second kappa shape index (κ2) is 6.48. The summed E-state index contributed by atoms with van der Waals surface area (Å²) in [6.07, 6.45) is -0.0654. The van der Waals surface area contributed by atoms with Crippen LogP contribution in [0.1, 0.15) is 34.1 Å². The maximum absolute atomic E-state index is 11.6. The normalized spacial score (nSPS) is 13.1. The molecule has 0 aliphatic rings. The van der Waals surface area contributed by atoms with Gasteiger partial charge in [0.15, 0.2) is 0 Å². The molecule has 1 N–H and O–H groups in total. The fourth-order valence-electron chi connectivity index (χ4n) is 1.02. The minimum atomic E-state index is -0.632. The molecule has 0 spiro atoms. The number of aliphatic hydroxyl groups excluding tert-OH is 1. The van der Waals surface area contributed by atoms with Crippen molar-refractivity contribution >= 4 is 12.4 Å². The maximum Gasteiger partial charge on any atom is 0.410 e. The number of amides is 1. The van der Waals surface area contributed by atoms with Crippen molar-refractivity contribution in [1.29, 1.82) is 0 Å². The van der Waals surface area contributed by atoms with Crippen molar-refractivity contribution in [3.05, 3.63) is 0 Å². The zero-order valence-electron chi connectivity index (χ0n) is 10.4. The molecule has 1 amide bonds. The van der Waals surface area contributed by atoms with Gasteiger partial charge in [-0.05, 0) is 27.2 Å². The lowest BCUT2D eigenvalue weighted by molar-refractivity contribution is -0.109. The van der Waals surface area contributed by atoms with E-state index in [0.29, 0.717) is 12.7 Å². The van der Waals surface area contributed by atoms with Crippen molar-refractivity contribution in [1.82, 2.24) is 4.90 Å². The first-order chi connectivity index (χ1) is 7.30. The number of hydrogen-bond donors (Lipinski definition) is 1. The van der Waals surface area contributed by atoms with Crippen LogP contribution in [0.2, 0.25) is 0 Å². The number of hydrogen-bond acceptors (Lipinski definition) is 4. The van der Waals surface area contributed by atoms with Crippen molar-refractivity contribution < 1.29 is 19.4 Å². The Morgan fingerprint density at radius 1 is 1.50 bits per heavy atom. The van der Waals surface area contributed by atoms with Crippen molar-refractivity contribution in [2.45, 2.75) is 45.8 Å². The van der Waals surface area contributed by atoms with Gasteiger partial charge >= 0.3 is 6.09 Å². The SMILES string of the molecule is CCC(O)CN(CC=O)C(=O)OC(C)(C)C. The van der Waals surface area contributed by atoms with E-state index < -0.39 is 17.8 Å². The van der Waals surface area contributed by atoms with Gasteiger partial charge in [-0.3, -0.25) is 4.90 Å². The van der Waals surface area contributed by atoms with Crippen LogP contribution in [-0.4, -0.2) is 47.2 Å². The lowest BCUT2D eigenvalue weighted by Gasteiger charge is -2.27. The van der Waals surface area contributed by atoms with Gasteiger partial charge in [0.25, 0.3) is 0 Å². The number of nitrogens with zero attached hydrogens (tertiary/aromatic N) is 1. The zero-order chi connectivity index (χ0) is 12.8. The fourth-order valence-corrected chi connectivity index (χ4v) is 1.02. The summed E-state index contributed by atoms with van der Waals surface area (Å²) in [4.78, 5) is 23.3. The van der Waals surface area contributed by atoms with E-state index in [0.717, 1.165) is 0 Å². The predicted molar refractivity (Wildman–Crippen MR) is 60.2 cm³/mol. The van der Waals surface area contributed by atoms with Gasteiger partial charge in [0.2, 0.25) is 0 Å². The van der Waals surface area contributed by atoms with Crippen LogP contribution in [0.15, 0.2) is 0 Å². The van der Waals surface area contributed by atoms with E-state index in [1.807, 2.05) is 0 Å².